The van der Waals surface area contributed by atoms with E-state index in [2.05, 4.69) is 0 Å². The Morgan fingerprint density at radius 3 is 1.46 bits per heavy atom. The van der Waals surface area contributed by atoms with Crippen LogP contribution in [-0.2, 0) is 4.74 Å². The van der Waals surface area contributed by atoms with Gasteiger partial charge < -0.3 is 14.9 Å². The minimum absolute atomic E-state index is 0.535. The second-order valence-electron chi connectivity index (χ2n) is 3.95. The van der Waals surface area contributed by atoms with Gasteiger partial charge in [0.05, 0.1) is 0 Å². The van der Waals surface area contributed by atoms with Gasteiger partial charge in [-0.15, -0.1) is 0 Å². The standard InChI is InChI=1S/C10H22O3/c1-5-7-9(3,11)13-10(4,12)8-6-2/h11-12H,5-8H2,1-4H3. The molecule has 2 unspecified atom stereocenters. The molecule has 0 aliphatic heterocycles. The molecular weight excluding hydrogens is 168 g/mol. The van der Waals surface area contributed by atoms with Gasteiger partial charge in [0.15, 0.2) is 11.6 Å². The summed E-state index contributed by atoms with van der Waals surface area (Å²) in [7, 11) is 0. The number of aliphatic hydroxyl groups is 2. The van der Waals surface area contributed by atoms with Crippen molar-refractivity contribution in [3.63, 3.8) is 0 Å². The van der Waals surface area contributed by atoms with Gasteiger partial charge in [-0.3, -0.25) is 0 Å². The van der Waals surface area contributed by atoms with Gasteiger partial charge in [0.1, 0.15) is 0 Å². The Bertz CT molecular complexity index is 125. The zero-order valence-corrected chi connectivity index (χ0v) is 9.13. The maximum absolute atomic E-state index is 9.69. The summed E-state index contributed by atoms with van der Waals surface area (Å²) in [5.41, 5.74) is 0. The fourth-order valence-electron chi connectivity index (χ4n) is 1.50. The normalized spacial score (nSPS) is 20.8. The Hall–Kier alpha value is -0.120. The van der Waals surface area contributed by atoms with Crippen LogP contribution in [0.5, 0.6) is 0 Å². The molecule has 0 radical (unpaired) electrons. The van der Waals surface area contributed by atoms with Crippen LogP contribution in [0.1, 0.15) is 53.4 Å². The molecule has 0 aromatic rings. The van der Waals surface area contributed by atoms with Crippen LogP contribution in [0.25, 0.3) is 0 Å². The lowest BCUT2D eigenvalue weighted by Crippen LogP contribution is -2.40. The number of hydrogen-bond donors (Lipinski definition) is 2. The molecule has 0 aliphatic rings. The summed E-state index contributed by atoms with van der Waals surface area (Å²) in [6, 6.07) is 0. The van der Waals surface area contributed by atoms with E-state index in [9.17, 15) is 10.2 Å². The number of rotatable bonds is 6. The summed E-state index contributed by atoms with van der Waals surface area (Å²) < 4.78 is 5.22. The van der Waals surface area contributed by atoms with E-state index in [-0.39, 0.29) is 0 Å². The molecule has 0 bridgehead atoms. The van der Waals surface area contributed by atoms with Crippen LogP contribution >= 0.6 is 0 Å². The van der Waals surface area contributed by atoms with Crippen molar-refractivity contribution in [2.75, 3.05) is 0 Å². The predicted molar refractivity (Wildman–Crippen MR) is 52.1 cm³/mol. The summed E-state index contributed by atoms with van der Waals surface area (Å²) in [6.07, 6.45) is 2.73. The molecule has 3 nitrogen and oxygen atoms in total. The highest BCUT2D eigenvalue weighted by molar-refractivity contribution is 4.66. The van der Waals surface area contributed by atoms with E-state index < -0.39 is 11.6 Å². The Balaban J connectivity index is 4.07. The van der Waals surface area contributed by atoms with Crippen molar-refractivity contribution in [1.29, 1.82) is 0 Å². The topological polar surface area (TPSA) is 49.7 Å². The molecule has 0 saturated carbocycles. The molecule has 2 N–H and O–H groups in total. The minimum Gasteiger partial charge on any atom is -0.366 e. The van der Waals surface area contributed by atoms with Crippen LogP contribution in [0.2, 0.25) is 0 Å². The molecule has 0 fully saturated rings. The molecule has 0 aromatic carbocycles. The quantitative estimate of drug-likeness (QED) is 0.630. The lowest BCUT2D eigenvalue weighted by Gasteiger charge is -2.33. The summed E-state index contributed by atoms with van der Waals surface area (Å²) >= 11 is 0. The molecule has 0 spiro atoms. The smallest absolute Gasteiger partial charge is 0.166 e. The molecule has 0 amide bonds. The highest BCUT2D eigenvalue weighted by Crippen LogP contribution is 2.24. The molecule has 3 heteroatoms. The highest BCUT2D eigenvalue weighted by atomic mass is 16.7. The lowest BCUT2D eigenvalue weighted by molar-refractivity contribution is -0.323. The summed E-state index contributed by atoms with van der Waals surface area (Å²) in [4.78, 5) is 0. The van der Waals surface area contributed by atoms with Crippen LogP contribution in [0.3, 0.4) is 0 Å². The van der Waals surface area contributed by atoms with Crippen molar-refractivity contribution in [3.05, 3.63) is 0 Å². The molecule has 0 heterocycles. The molecule has 13 heavy (non-hydrogen) atoms. The maximum Gasteiger partial charge on any atom is 0.166 e. The van der Waals surface area contributed by atoms with E-state index in [0.717, 1.165) is 12.8 Å². The third-order valence-corrected chi connectivity index (χ3v) is 1.87. The average Bonchev–Trinajstić information content (AvgIpc) is 1.82. The van der Waals surface area contributed by atoms with Crippen LogP contribution in [-0.4, -0.2) is 21.8 Å². The largest absolute Gasteiger partial charge is 0.366 e. The van der Waals surface area contributed by atoms with E-state index in [0.29, 0.717) is 12.8 Å². The van der Waals surface area contributed by atoms with E-state index in [1.165, 1.54) is 0 Å². The van der Waals surface area contributed by atoms with Gasteiger partial charge in [0.25, 0.3) is 0 Å². The minimum atomic E-state index is -1.21. The average molecular weight is 190 g/mol. The van der Waals surface area contributed by atoms with Gasteiger partial charge >= 0.3 is 0 Å². The van der Waals surface area contributed by atoms with E-state index in [4.69, 9.17) is 4.74 Å². The van der Waals surface area contributed by atoms with Crippen molar-refractivity contribution in [1.82, 2.24) is 0 Å². The summed E-state index contributed by atoms with van der Waals surface area (Å²) in [6.45, 7) is 7.10. The zero-order valence-electron chi connectivity index (χ0n) is 9.13. The Labute approximate surface area is 80.7 Å². The monoisotopic (exact) mass is 190 g/mol. The van der Waals surface area contributed by atoms with Gasteiger partial charge in [-0.05, 0) is 13.8 Å². The van der Waals surface area contributed by atoms with Crippen molar-refractivity contribution in [2.24, 2.45) is 0 Å². The maximum atomic E-state index is 9.69. The van der Waals surface area contributed by atoms with Crippen molar-refractivity contribution in [2.45, 2.75) is 65.0 Å². The summed E-state index contributed by atoms with van der Waals surface area (Å²) in [5.74, 6) is -2.43. The van der Waals surface area contributed by atoms with Crippen molar-refractivity contribution < 1.29 is 14.9 Å². The van der Waals surface area contributed by atoms with Crippen LogP contribution in [0.15, 0.2) is 0 Å². The third kappa shape index (κ3) is 6.02. The molecule has 0 saturated heterocycles. The lowest BCUT2D eigenvalue weighted by atomic mass is 10.1. The van der Waals surface area contributed by atoms with E-state index in [1.54, 1.807) is 13.8 Å². The Morgan fingerprint density at radius 1 is 0.923 bits per heavy atom. The molecule has 0 rings (SSSR count). The fraction of sp³-hybridized carbons (Fsp3) is 1.00. The van der Waals surface area contributed by atoms with Gasteiger partial charge in [-0.2, -0.15) is 0 Å². The van der Waals surface area contributed by atoms with Gasteiger partial charge in [0.2, 0.25) is 0 Å². The molecule has 80 valence electrons. The SMILES string of the molecule is CCCC(C)(O)OC(C)(O)CCC. The Morgan fingerprint density at radius 2 is 1.23 bits per heavy atom. The van der Waals surface area contributed by atoms with Crippen LogP contribution in [0.4, 0.5) is 0 Å². The molecule has 2 atom stereocenters. The molecular formula is C10H22O3. The second kappa shape index (κ2) is 4.94. The first-order valence-electron chi connectivity index (χ1n) is 4.98. The molecule has 0 aliphatic carbocycles. The third-order valence-electron chi connectivity index (χ3n) is 1.87. The van der Waals surface area contributed by atoms with Crippen molar-refractivity contribution >= 4 is 0 Å². The second-order valence-corrected chi connectivity index (χ2v) is 3.95. The van der Waals surface area contributed by atoms with Crippen LogP contribution < -0.4 is 0 Å². The number of ether oxygens (including phenoxy) is 1. The van der Waals surface area contributed by atoms with Crippen LogP contribution in [0, 0.1) is 0 Å². The van der Waals surface area contributed by atoms with Gasteiger partial charge in [0, 0.05) is 12.8 Å². The fourth-order valence-corrected chi connectivity index (χ4v) is 1.50. The number of hydrogen-bond acceptors (Lipinski definition) is 3. The van der Waals surface area contributed by atoms with E-state index >= 15 is 0 Å². The zero-order chi connectivity index (χ0) is 10.5. The predicted octanol–water partition coefficient (Wildman–Crippen LogP) is 2.02. The first kappa shape index (κ1) is 12.9. The molecule has 0 aromatic heterocycles. The summed E-state index contributed by atoms with van der Waals surface area (Å²) in [5, 5.41) is 19.4. The van der Waals surface area contributed by atoms with Gasteiger partial charge in [-0.1, -0.05) is 26.7 Å². The first-order chi connectivity index (χ1) is 5.83. The highest BCUT2D eigenvalue weighted by Gasteiger charge is 2.31. The van der Waals surface area contributed by atoms with E-state index in [1.807, 2.05) is 13.8 Å². The van der Waals surface area contributed by atoms with Crippen molar-refractivity contribution in [3.8, 4) is 0 Å². The Kier molecular flexibility index (Phi) is 4.89. The van der Waals surface area contributed by atoms with Gasteiger partial charge in [-0.25, -0.2) is 0 Å². The first-order valence-corrected chi connectivity index (χ1v) is 4.98.